The first-order valence-electron chi connectivity index (χ1n) is 4.66. The molecule has 1 heterocycles. The maximum atomic E-state index is 5.24. The first kappa shape index (κ1) is 9.34. The van der Waals surface area contributed by atoms with E-state index in [9.17, 15) is 0 Å². The van der Waals surface area contributed by atoms with Gasteiger partial charge in [-0.25, -0.2) is 0 Å². The second-order valence-electron chi connectivity index (χ2n) is 3.25. The van der Waals surface area contributed by atoms with Crippen LogP contribution in [0.4, 0.5) is 0 Å². The molecular formula is C11H14NO2. The summed E-state index contributed by atoms with van der Waals surface area (Å²) in [6.45, 7) is 3.00. The molecule has 14 heavy (non-hydrogen) atoms. The molecule has 0 unspecified atom stereocenters. The van der Waals surface area contributed by atoms with Crippen LogP contribution in [0.5, 0.6) is 11.5 Å². The summed E-state index contributed by atoms with van der Waals surface area (Å²) >= 11 is 0. The molecule has 1 radical (unpaired) electrons. The van der Waals surface area contributed by atoms with Gasteiger partial charge < -0.3 is 14.8 Å². The van der Waals surface area contributed by atoms with Crippen molar-refractivity contribution in [2.75, 3.05) is 20.8 Å². The van der Waals surface area contributed by atoms with Gasteiger partial charge in [-0.05, 0) is 36.2 Å². The molecule has 0 atom stereocenters. The first-order valence-corrected chi connectivity index (χ1v) is 4.66. The van der Waals surface area contributed by atoms with Crippen LogP contribution in [0.3, 0.4) is 0 Å². The lowest BCUT2D eigenvalue weighted by Crippen LogP contribution is -2.21. The minimum atomic E-state index is 0.784. The Morgan fingerprint density at radius 2 is 1.86 bits per heavy atom. The Bertz CT molecular complexity index is 292. The summed E-state index contributed by atoms with van der Waals surface area (Å²) in [6, 6.07) is 4.05. The highest BCUT2D eigenvalue weighted by atomic mass is 16.5. The van der Waals surface area contributed by atoms with E-state index < -0.39 is 0 Å². The van der Waals surface area contributed by atoms with Gasteiger partial charge in [0.1, 0.15) is 0 Å². The minimum absolute atomic E-state index is 0.784. The van der Waals surface area contributed by atoms with E-state index in [1.807, 2.05) is 18.7 Å². The molecule has 0 saturated carbocycles. The van der Waals surface area contributed by atoms with Gasteiger partial charge >= 0.3 is 0 Å². The fourth-order valence-corrected chi connectivity index (χ4v) is 1.68. The van der Waals surface area contributed by atoms with Crippen molar-refractivity contribution in [2.24, 2.45) is 0 Å². The van der Waals surface area contributed by atoms with Gasteiger partial charge in [-0.3, -0.25) is 0 Å². The van der Waals surface area contributed by atoms with Crippen molar-refractivity contribution in [1.82, 2.24) is 5.32 Å². The molecule has 0 aliphatic carbocycles. The monoisotopic (exact) mass is 192 g/mol. The number of methoxy groups -OCH3 is 2. The highest BCUT2D eigenvalue weighted by Crippen LogP contribution is 2.32. The molecular weight excluding hydrogens is 178 g/mol. The zero-order valence-corrected chi connectivity index (χ0v) is 8.46. The predicted octanol–water partition coefficient (Wildman–Crippen LogP) is 1.36. The van der Waals surface area contributed by atoms with Gasteiger partial charge in [0.25, 0.3) is 0 Å². The molecule has 0 aromatic heterocycles. The molecule has 0 saturated heterocycles. The molecule has 0 bridgehead atoms. The highest BCUT2D eigenvalue weighted by Gasteiger charge is 2.13. The van der Waals surface area contributed by atoms with Crippen molar-refractivity contribution in [2.45, 2.75) is 6.42 Å². The highest BCUT2D eigenvalue weighted by molar-refractivity contribution is 5.50. The van der Waals surface area contributed by atoms with Crippen LogP contribution >= 0.6 is 0 Å². The topological polar surface area (TPSA) is 30.5 Å². The lowest BCUT2D eigenvalue weighted by molar-refractivity contribution is 0.354. The SMILES string of the molecule is COc1cc2c(cc1OC)CCN[CH]2. The van der Waals surface area contributed by atoms with Crippen molar-refractivity contribution in [3.8, 4) is 11.5 Å². The number of fused-ring (bicyclic) bond motifs is 1. The number of nitrogens with one attached hydrogen (secondary N) is 1. The predicted molar refractivity (Wildman–Crippen MR) is 54.7 cm³/mol. The van der Waals surface area contributed by atoms with Crippen LogP contribution in [0.25, 0.3) is 0 Å². The van der Waals surface area contributed by atoms with E-state index in [4.69, 9.17) is 9.47 Å². The number of benzene rings is 1. The maximum absolute atomic E-state index is 5.24. The Labute approximate surface area is 84.0 Å². The van der Waals surface area contributed by atoms with E-state index >= 15 is 0 Å². The Hall–Kier alpha value is -1.22. The van der Waals surface area contributed by atoms with Gasteiger partial charge in [-0.15, -0.1) is 0 Å². The van der Waals surface area contributed by atoms with Gasteiger partial charge in [-0.1, -0.05) is 0 Å². The van der Waals surface area contributed by atoms with Crippen LogP contribution < -0.4 is 14.8 Å². The van der Waals surface area contributed by atoms with Crippen LogP contribution in [0.1, 0.15) is 11.1 Å². The lowest BCUT2D eigenvalue weighted by atomic mass is 10.0. The number of hydrogen-bond donors (Lipinski definition) is 1. The fraction of sp³-hybridized carbons (Fsp3) is 0.364. The molecule has 3 heteroatoms. The standard InChI is InChI=1S/C11H14NO2/c1-13-10-5-8-3-4-12-7-9(8)6-11(10)14-2/h5-7,12H,3-4H2,1-2H3. The summed E-state index contributed by atoms with van der Waals surface area (Å²) in [5.41, 5.74) is 2.50. The summed E-state index contributed by atoms with van der Waals surface area (Å²) in [5, 5.41) is 3.21. The third-order valence-corrected chi connectivity index (χ3v) is 2.44. The Morgan fingerprint density at radius 3 is 2.57 bits per heavy atom. The fourth-order valence-electron chi connectivity index (χ4n) is 1.68. The lowest BCUT2D eigenvalue weighted by Gasteiger charge is -2.19. The van der Waals surface area contributed by atoms with Crippen LogP contribution in [-0.4, -0.2) is 20.8 Å². The summed E-state index contributed by atoms with van der Waals surface area (Å²) in [4.78, 5) is 0. The summed E-state index contributed by atoms with van der Waals surface area (Å²) < 4.78 is 10.5. The molecule has 1 N–H and O–H groups in total. The largest absolute Gasteiger partial charge is 0.493 e. The molecule has 3 nitrogen and oxygen atoms in total. The van der Waals surface area contributed by atoms with Crippen LogP contribution in [0.15, 0.2) is 12.1 Å². The van der Waals surface area contributed by atoms with Crippen molar-refractivity contribution in [3.63, 3.8) is 0 Å². The second kappa shape index (κ2) is 3.88. The van der Waals surface area contributed by atoms with Crippen molar-refractivity contribution >= 4 is 0 Å². The Balaban J connectivity index is 2.43. The zero-order valence-electron chi connectivity index (χ0n) is 8.46. The number of ether oxygens (including phenoxy) is 2. The van der Waals surface area contributed by atoms with Gasteiger partial charge in [-0.2, -0.15) is 0 Å². The molecule has 1 aliphatic heterocycles. The quantitative estimate of drug-likeness (QED) is 0.767. The minimum Gasteiger partial charge on any atom is -0.493 e. The van der Waals surface area contributed by atoms with Crippen molar-refractivity contribution in [1.29, 1.82) is 0 Å². The van der Waals surface area contributed by atoms with E-state index in [-0.39, 0.29) is 0 Å². The van der Waals surface area contributed by atoms with Gasteiger partial charge in [0.2, 0.25) is 0 Å². The zero-order chi connectivity index (χ0) is 9.97. The molecule has 75 valence electrons. The van der Waals surface area contributed by atoms with Gasteiger partial charge in [0.05, 0.1) is 20.8 Å². The van der Waals surface area contributed by atoms with E-state index in [0.717, 1.165) is 24.5 Å². The van der Waals surface area contributed by atoms with Gasteiger partial charge in [0.15, 0.2) is 11.5 Å². The third-order valence-electron chi connectivity index (χ3n) is 2.44. The third kappa shape index (κ3) is 1.55. The average molecular weight is 192 g/mol. The molecule has 1 aromatic rings. The van der Waals surface area contributed by atoms with E-state index in [1.54, 1.807) is 14.2 Å². The van der Waals surface area contributed by atoms with Crippen molar-refractivity contribution < 1.29 is 9.47 Å². The normalized spacial score (nSPS) is 14.7. The molecule has 1 aromatic carbocycles. The van der Waals surface area contributed by atoms with Crippen LogP contribution in [0, 0.1) is 6.54 Å². The van der Waals surface area contributed by atoms with Gasteiger partial charge in [0, 0.05) is 0 Å². The smallest absolute Gasteiger partial charge is 0.161 e. The van der Waals surface area contributed by atoms with Crippen molar-refractivity contribution in [3.05, 3.63) is 29.8 Å². The van der Waals surface area contributed by atoms with E-state index in [0.29, 0.717) is 0 Å². The number of rotatable bonds is 2. The average Bonchev–Trinajstić information content (AvgIpc) is 2.27. The summed E-state index contributed by atoms with van der Waals surface area (Å²) in [5.74, 6) is 1.59. The van der Waals surface area contributed by atoms with Crippen LogP contribution in [0.2, 0.25) is 0 Å². The Kier molecular flexibility index (Phi) is 2.59. The van der Waals surface area contributed by atoms with Crippen LogP contribution in [-0.2, 0) is 6.42 Å². The summed E-state index contributed by atoms with van der Waals surface area (Å²) in [7, 11) is 3.32. The molecule has 0 amide bonds. The second-order valence-corrected chi connectivity index (χ2v) is 3.25. The Morgan fingerprint density at radius 1 is 1.14 bits per heavy atom. The van der Waals surface area contributed by atoms with E-state index in [1.165, 1.54) is 11.1 Å². The number of hydrogen-bond acceptors (Lipinski definition) is 3. The molecule has 0 fully saturated rings. The summed E-state index contributed by atoms with van der Waals surface area (Å²) in [6.07, 6.45) is 1.03. The molecule has 1 aliphatic rings. The molecule has 0 spiro atoms. The molecule has 2 rings (SSSR count). The maximum Gasteiger partial charge on any atom is 0.161 e. The first-order chi connectivity index (χ1) is 6.85. The van der Waals surface area contributed by atoms with E-state index in [2.05, 4.69) is 5.32 Å².